The molecule has 0 aromatic heterocycles. The molecule has 0 bridgehead atoms. The van der Waals surface area contributed by atoms with Crippen LogP contribution in [0.1, 0.15) is 24.0 Å². The van der Waals surface area contributed by atoms with E-state index in [0.717, 1.165) is 24.5 Å². The third kappa shape index (κ3) is 3.09. The van der Waals surface area contributed by atoms with Crippen molar-refractivity contribution in [2.24, 2.45) is 0 Å². The molecule has 0 spiro atoms. The van der Waals surface area contributed by atoms with Crippen LogP contribution < -0.4 is 5.32 Å². The van der Waals surface area contributed by atoms with Gasteiger partial charge in [-0.05, 0) is 31.5 Å². The Kier molecular flexibility index (Phi) is 4.16. The molecule has 106 valence electrons. The molecule has 0 aliphatic carbocycles. The third-order valence-electron chi connectivity index (χ3n) is 3.77. The van der Waals surface area contributed by atoms with Gasteiger partial charge in [-0.2, -0.15) is 13.2 Å². The zero-order valence-electron chi connectivity index (χ0n) is 10.9. The first-order valence-corrected chi connectivity index (χ1v) is 6.38. The van der Waals surface area contributed by atoms with Crippen molar-refractivity contribution in [3.05, 3.63) is 35.4 Å². The molecule has 1 saturated heterocycles. The van der Waals surface area contributed by atoms with E-state index in [0.29, 0.717) is 19.8 Å². The molecule has 0 atom stereocenters. The van der Waals surface area contributed by atoms with Gasteiger partial charge < -0.3 is 10.1 Å². The Labute approximate surface area is 111 Å². The Hall–Kier alpha value is -1.07. The minimum absolute atomic E-state index is 0.256. The zero-order chi connectivity index (χ0) is 13.9. The summed E-state index contributed by atoms with van der Waals surface area (Å²) >= 11 is 0. The van der Waals surface area contributed by atoms with Crippen LogP contribution in [0, 0.1) is 0 Å². The minimum Gasteiger partial charge on any atom is -0.381 e. The molecule has 1 heterocycles. The van der Waals surface area contributed by atoms with E-state index in [9.17, 15) is 13.2 Å². The normalized spacial score (nSPS) is 19.4. The Morgan fingerprint density at radius 3 is 2.53 bits per heavy atom. The lowest BCUT2D eigenvalue weighted by atomic mass is 9.73. The fraction of sp³-hybridized carbons (Fsp3) is 0.571. The summed E-state index contributed by atoms with van der Waals surface area (Å²) in [7, 11) is 1.82. The van der Waals surface area contributed by atoms with E-state index in [1.54, 1.807) is 6.07 Å². The van der Waals surface area contributed by atoms with Crippen LogP contribution in [0.5, 0.6) is 0 Å². The molecule has 0 radical (unpaired) electrons. The average Bonchev–Trinajstić information content (AvgIpc) is 2.39. The van der Waals surface area contributed by atoms with Crippen molar-refractivity contribution in [2.75, 3.05) is 26.8 Å². The monoisotopic (exact) mass is 273 g/mol. The first-order valence-electron chi connectivity index (χ1n) is 6.38. The van der Waals surface area contributed by atoms with E-state index in [1.165, 1.54) is 12.1 Å². The molecule has 2 rings (SSSR count). The molecule has 1 fully saturated rings. The van der Waals surface area contributed by atoms with Crippen molar-refractivity contribution in [1.29, 1.82) is 0 Å². The fourth-order valence-electron chi connectivity index (χ4n) is 2.69. The van der Waals surface area contributed by atoms with Crippen molar-refractivity contribution in [1.82, 2.24) is 5.32 Å². The smallest absolute Gasteiger partial charge is 0.381 e. The van der Waals surface area contributed by atoms with E-state index in [2.05, 4.69) is 5.32 Å². The Bertz CT molecular complexity index is 419. The predicted molar refractivity (Wildman–Crippen MR) is 67.1 cm³/mol. The van der Waals surface area contributed by atoms with Crippen molar-refractivity contribution in [2.45, 2.75) is 24.4 Å². The van der Waals surface area contributed by atoms with Crippen LogP contribution in [0.2, 0.25) is 0 Å². The summed E-state index contributed by atoms with van der Waals surface area (Å²) in [6.07, 6.45) is -2.80. The predicted octanol–water partition coefficient (Wildman–Crippen LogP) is 2.97. The third-order valence-corrected chi connectivity index (χ3v) is 3.77. The number of rotatable bonds is 3. The highest BCUT2D eigenvalue weighted by Crippen LogP contribution is 2.37. The molecule has 19 heavy (non-hydrogen) atoms. The standard InChI is InChI=1S/C14H18F3NO/c1-18-10-13(5-7-19-8-6-13)11-3-2-4-12(9-11)14(15,16)17/h2-4,9,18H,5-8,10H2,1H3. The van der Waals surface area contributed by atoms with Gasteiger partial charge in [0.1, 0.15) is 0 Å². The molecule has 1 N–H and O–H groups in total. The number of hydrogen-bond acceptors (Lipinski definition) is 2. The largest absolute Gasteiger partial charge is 0.416 e. The van der Waals surface area contributed by atoms with Gasteiger partial charge in [-0.1, -0.05) is 18.2 Å². The van der Waals surface area contributed by atoms with Crippen molar-refractivity contribution in [3.63, 3.8) is 0 Å². The lowest BCUT2D eigenvalue weighted by molar-refractivity contribution is -0.137. The number of likely N-dealkylation sites (N-methyl/N-ethyl adjacent to an activating group) is 1. The van der Waals surface area contributed by atoms with Gasteiger partial charge in [0.15, 0.2) is 0 Å². The topological polar surface area (TPSA) is 21.3 Å². The minimum atomic E-state index is -4.29. The molecule has 1 aliphatic heterocycles. The van der Waals surface area contributed by atoms with Crippen molar-refractivity contribution < 1.29 is 17.9 Å². The number of halogens is 3. The van der Waals surface area contributed by atoms with Gasteiger partial charge in [-0.15, -0.1) is 0 Å². The molecule has 0 saturated carbocycles. The highest BCUT2D eigenvalue weighted by molar-refractivity contribution is 5.32. The van der Waals surface area contributed by atoms with Gasteiger partial charge in [0.2, 0.25) is 0 Å². The summed E-state index contributed by atoms with van der Waals surface area (Å²) < 4.78 is 43.8. The number of alkyl halides is 3. The Balaban J connectivity index is 2.36. The molecule has 0 unspecified atom stereocenters. The maximum Gasteiger partial charge on any atom is 0.416 e. The number of benzene rings is 1. The van der Waals surface area contributed by atoms with Gasteiger partial charge in [0.25, 0.3) is 0 Å². The van der Waals surface area contributed by atoms with Gasteiger partial charge in [0.05, 0.1) is 5.56 Å². The SMILES string of the molecule is CNCC1(c2cccc(C(F)(F)F)c2)CCOCC1. The molecular formula is C14H18F3NO. The molecular weight excluding hydrogens is 255 g/mol. The van der Waals surface area contributed by atoms with Gasteiger partial charge in [-0.3, -0.25) is 0 Å². The summed E-state index contributed by atoms with van der Waals surface area (Å²) in [6.45, 7) is 1.85. The Morgan fingerprint density at radius 2 is 1.95 bits per heavy atom. The first kappa shape index (κ1) is 14.3. The fourth-order valence-corrected chi connectivity index (χ4v) is 2.69. The van der Waals surface area contributed by atoms with Crippen LogP contribution in [0.15, 0.2) is 24.3 Å². The number of ether oxygens (including phenoxy) is 1. The second kappa shape index (κ2) is 5.51. The van der Waals surface area contributed by atoms with E-state index >= 15 is 0 Å². The first-order chi connectivity index (χ1) is 8.98. The van der Waals surface area contributed by atoms with Crippen LogP contribution in [-0.2, 0) is 16.3 Å². The van der Waals surface area contributed by atoms with Gasteiger partial charge >= 0.3 is 6.18 Å². The number of hydrogen-bond donors (Lipinski definition) is 1. The summed E-state index contributed by atoms with van der Waals surface area (Å²) in [6, 6.07) is 5.68. The van der Waals surface area contributed by atoms with E-state index in [1.807, 2.05) is 7.05 Å². The maximum atomic E-state index is 12.8. The highest BCUT2D eigenvalue weighted by Gasteiger charge is 2.36. The van der Waals surface area contributed by atoms with E-state index < -0.39 is 11.7 Å². The second-order valence-corrected chi connectivity index (χ2v) is 5.00. The molecule has 1 aromatic carbocycles. The van der Waals surface area contributed by atoms with Gasteiger partial charge in [-0.25, -0.2) is 0 Å². The van der Waals surface area contributed by atoms with Crippen LogP contribution >= 0.6 is 0 Å². The second-order valence-electron chi connectivity index (χ2n) is 5.00. The van der Waals surface area contributed by atoms with Crippen LogP contribution in [0.25, 0.3) is 0 Å². The zero-order valence-corrected chi connectivity index (χ0v) is 10.9. The molecule has 1 aliphatic rings. The van der Waals surface area contributed by atoms with Crippen LogP contribution in [-0.4, -0.2) is 26.8 Å². The molecule has 0 amide bonds. The quantitative estimate of drug-likeness (QED) is 0.914. The van der Waals surface area contributed by atoms with Crippen LogP contribution in [0.3, 0.4) is 0 Å². The summed E-state index contributed by atoms with van der Waals surface area (Å²) in [5, 5.41) is 3.10. The lowest BCUT2D eigenvalue weighted by Crippen LogP contribution is -2.41. The highest BCUT2D eigenvalue weighted by atomic mass is 19.4. The average molecular weight is 273 g/mol. The van der Waals surface area contributed by atoms with E-state index in [-0.39, 0.29) is 5.41 Å². The molecule has 1 aromatic rings. The summed E-state index contributed by atoms with van der Waals surface area (Å²) in [5.74, 6) is 0. The summed E-state index contributed by atoms with van der Waals surface area (Å²) in [4.78, 5) is 0. The lowest BCUT2D eigenvalue weighted by Gasteiger charge is -2.38. The Morgan fingerprint density at radius 1 is 1.26 bits per heavy atom. The molecule has 5 heteroatoms. The summed E-state index contributed by atoms with van der Waals surface area (Å²) in [5.41, 5.74) is -0.0826. The van der Waals surface area contributed by atoms with Crippen molar-refractivity contribution >= 4 is 0 Å². The molecule has 2 nitrogen and oxygen atoms in total. The van der Waals surface area contributed by atoms with Gasteiger partial charge in [0, 0.05) is 25.2 Å². The van der Waals surface area contributed by atoms with Crippen molar-refractivity contribution in [3.8, 4) is 0 Å². The van der Waals surface area contributed by atoms with E-state index in [4.69, 9.17) is 4.74 Å². The number of nitrogens with one attached hydrogen (secondary N) is 1. The maximum absolute atomic E-state index is 12.8. The van der Waals surface area contributed by atoms with Crippen LogP contribution in [0.4, 0.5) is 13.2 Å².